The number of amides is 1. The second-order valence-electron chi connectivity index (χ2n) is 6.92. The van der Waals surface area contributed by atoms with E-state index in [0.717, 1.165) is 12.8 Å². The number of allylic oxidation sites excluding steroid dienone is 1. The highest BCUT2D eigenvalue weighted by Crippen LogP contribution is 2.43. The van der Waals surface area contributed by atoms with E-state index in [9.17, 15) is 19.5 Å². The lowest BCUT2D eigenvalue weighted by Crippen LogP contribution is -2.47. The van der Waals surface area contributed by atoms with Crippen molar-refractivity contribution in [3.05, 3.63) is 11.6 Å². The average molecular weight is 321 g/mol. The van der Waals surface area contributed by atoms with Gasteiger partial charge in [0.15, 0.2) is 0 Å². The van der Waals surface area contributed by atoms with Gasteiger partial charge in [0.25, 0.3) is 0 Å². The summed E-state index contributed by atoms with van der Waals surface area (Å²) in [6.45, 7) is 5.78. The fraction of sp³-hybridized carbons (Fsp3) is 0.722. The standard InChI is InChI=1S/C18H27NO4/c1-4-10(3)16(18(22)23)19-17(21)14-9-11(5-2)8-13-12(14)6-7-15(13)20/h9-13,16H,4-8H2,1-3H3,(H,19,21)(H,22,23)/t10?,11-,12+,13+,16+/m1/s1. The van der Waals surface area contributed by atoms with E-state index in [1.54, 1.807) is 0 Å². The molecule has 1 amide bonds. The van der Waals surface area contributed by atoms with Crippen LogP contribution in [-0.2, 0) is 14.4 Å². The minimum absolute atomic E-state index is 0.0309. The molecule has 0 radical (unpaired) electrons. The molecule has 0 saturated heterocycles. The fourth-order valence-electron chi connectivity index (χ4n) is 3.78. The zero-order valence-electron chi connectivity index (χ0n) is 14.2. The number of rotatable bonds is 6. The third-order valence-corrected chi connectivity index (χ3v) is 5.52. The van der Waals surface area contributed by atoms with Crippen LogP contribution in [0.25, 0.3) is 0 Å². The van der Waals surface area contributed by atoms with Crippen molar-refractivity contribution >= 4 is 17.7 Å². The van der Waals surface area contributed by atoms with E-state index in [4.69, 9.17) is 0 Å². The van der Waals surface area contributed by atoms with Gasteiger partial charge < -0.3 is 10.4 Å². The normalized spacial score (nSPS) is 29.4. The maximum atomic E-state index is 12.7. The Morgan fingerprint density at radius 2 is 2.04 bits per heavy atom. The highest BCUT2D eigenvalue weighted by molar-refractivity contribution is 5.98. The van der Waals surface area contributed by atoms with Crippen molar-refractivity contribution in [2.45, 2.75) is 58.9 Å². The van der Waals surface area contributed by atoms with E-state index in [0.29, 0.717) is 24.8 Å². The summed E-state index contributed by atoms with van der Waals surface area (Å²) in [5.74, 6) is -1.05. The van der Waals surface area contributed by atoms with E-state index in [1.807, 2.05) is 19.9 Å². The van der Waals surface area contributed by atoms with Crippen LogP contribution in [0.5, 0.6) is 0 Å². The van der Waals surface area contributed by atoms with Crippen molar-refractivity contribution < 1.29 is 19.5 Å². The third kappa shape index (κ3) is 3.65. The number of aliphatic carboxylic acids is 1. The van der Waals surface area contributed by atoms with Gasteiger partial charge >= 0.3 is 5.97 Å². The number of carboxylic acid groups (broad SMARTS) is 1. The number of carbonyl (C=O) groups excluding carboxylic acids is 2. The molecule has 0 aromatic rings. The molecule has 1 unspecified atom stereocenters. The molecule has 128 valence electrons. The molecule has 0 heterocycles. The highest BCUT2D eigenvalue weighted by atomic mass is 16.4. The Bertz CT molecular complexity index is 525. The quantitative estimate of drug-likeness (QED) is 0.787. The van der Waals surface area contributed by atoms with E-state index in [1.165, 1.54) is 0 Å². The van der Waals surface area contributed by atoms with Gasteiger partial charge in [-0.2, -0.15) is 0 Å². The topological polar surface area (TPSA) is 83.5 Å². The smallest absolute Gasteiger partial charge is 0.326 e. The Morgan fingerprint density at radius 3 is 2.61 bits per heavy atom. The van der Waals surface area contributed by atoms with Gasteiger partial charge in [-0.15, -0.1) is 0 Å². The average Bonchev–Trinajstić information content (AvgIpc) is 2.91. The van der Waals surface area contributed by atoms with Gasteiger partial charge in [-0.25, -0.2) is 4.79 Å². The van der Waals surface area contributed by atoms with Crippen molar-refractivity contribution in [1.82, 2.24) is 5.32 Å². The van der Waals surface area contributed by atoms with Gasteiger partial charge in [0, 0.05) is 17.9 Å². The number of Topliss-reactive ketones (excluding diaryl/α,β-unsaturated/α-hetero) is 1. The molecule has 2 N–H and O–H groups in total. The Hall–Kier alpha value is -1.65. The SMILES string of the molecule is CCC(C)[C@H](NC(=O)C1=C[C@H](CC)C[C@@H]2C(=O)CC[C@H]12)C(=O)O. The molecule has 5 atom stereocenters. The van der Waals surface area contributed by atoms with Crippen LogP contribution in [-0.4, -0.2) is 28.8 Å². The number of hydrogen-bond donors (Lipinski definition) is 2. The maximum Gasteiger partial charge on any atom is 0.326 e. The Labute approximate surface area is 137 Å². The maximum absolute atomic E-state index is 12.7. The van der Waals surface area contributed by atoms with Crippen molar-refractivity contribution in [2.24, 2.45) is 23.7 Å². The Kier molecular flexibility index (Phi) is 5.60. The zero-order valence-corrected chi connectivity index (χ0v) is 14.2. The molecule has 2 rings (SSSR count). The van der Waals surface area contributed by atoms with E-state index >= 15 is 0 Å². The molecule has 1 fully saturated rings. The Balaban J connectivity index is 2.20. The number of hydrogen-bond acceptors (Lipinski definition) is 3. The van der Waals surface area contributed by atoms with E-state index in [-0.39, 0.29) is 35.4 Å². The summed E-state index contributed by atoms with van der Waals surface area (Å²) in [5.41, 5.74) is 0.633. The number of nitrogens with one attached hydrogen (secondary N) is 1. The first-order valence-electron chi connectivity index (χ1n) is 8.67. The molecule has 5 nitrogen and oxygen atoms in total. The summed E-state index contributed by atoms with van der Waals surface area (Å²) in [6, 6.07) is -0.883. The lowest BCUT2D eigenvalue weighted by Gasteiger charge is -2.31. The predicted molar refractivity (Wildman–Crippen MR) is 86.7 cm³/mol. The molecular formula is C18H27NO4. The van der Waals surface area contributed by atoms with Crippen LogP contribution in [0, 0.1) is 23.7 Å². The van der Waals surface area contributed by atoms with Crippen LogP contribution in [0.4, 0.5) is 0 Å². The molecule has 0 aromatic carbocycles. The van der Waals surface area contributed by atoms with Crippen molar-refractivity contribution in [2.75, 3.05) is 0 Å². The second-order valence-corrected chi connectivity index (χ2v) is 6.92. The first-order chi connectivity index (χ1) is 10.9. The summed E-state index contributed by atoms with van der Waals surface area (Å²) >= 11 is 0. The molecular weight excluding hydrogens is 294 g/mol. The molecule has 0 spiro atoms. The Morgan fingerprint density at radius 1 is 1.35 bits per heavy atom. The molecule has 5 heteroatoms. The van der Waals surface area contributed by atoms with Crippen LogP contribution in [0.3, 0.4) is 0 Å². The largest absolute Gasteiger partial charge is 0.480 e. The third-order valence-electron chi connectivity index (χ3n) is 5.52. The zero-order chi connectivity index (χ0) is 17.1. The minimum Gasteiger partial charge on any atom is -0.480 e. The molecule has 2 aliphatic carbocycles. The fourth-order valence-corrected chi connectivity index (χ4v) is 3.78. The predicted octanol–water partition coefficient (Wildman–Crippen LogP) is 2.55. The lowest BCUT2D eigenvalue weighted by molar-refractivity contribution is -0.143. The van der Waals surface area contributed by atoms with E-state index < -0.39 is 12.0 Å². The summed E-state index contributed by atoms with van der Waals surface area (Å²) in [7, 11) is 0. The van der Waals surface area contributed by atoms with Gasteiger partial charge in [0.2, 0.25) is 5.91 Å². The van der Waals surface area contributed by atoms with Crippen LogP contribution < -0.4 is 5.32 Å². The van der Waals surface area contributed by atoms with Gasteiger partial charge in [-0.1, -0.05) is 33.3 Å². The van der Waals surface area contributed by atoms with Gasteiger partial charge in [0.1, 0.15) is 11.8 Å². The monoisotopic (exact) mass is 321 g/mol. The van der Waals surface area contributed by atoms with Crippen LogP contribution in [0.1, 0.15) is 52.9 Å². The summed E-state index contributed by atoms with van der Waals surface area (Å²) in [5, 5.41) is 12.1. The van der Waals surface area contributed by atoms with E-state index in [2.05, 4.69) is 12.2 Å². The molecule has 2 aliphatic rings. The second kappa shape index (κ2) is 7.28. The first-order valence-corrected chi connectivity index (χ1v) is 8.67. The molecule has 23 heavy (non-hydrogen) atoms. The number of ketones is 1. The molecule has 1 saturated carbocycles. The highest BCUT2D eigenvalue weighted by Gasteiger charge is 2.43. The number of fused-ring (bicyclic) bond motifs is 1. The summed E-state index contributed by atoms with van der Waals surface area (Å²) < 4.78 is 0. The molecule has 0 aromatic heterocycles. The lowest BCUT2D eigenvalue weighted by atomic mass is 9.74. The number of carboxylic acids is 1. The van der Waals surface area contributed by atoms with Gasteiger partial charge in [-0.3, -0.25) is 9.59 Å². The summed E-state index contributed by atoms with van der Waals surface area (Å²) in [6.07, 6.45) is 5.61. The van der Waals surface area contributed by atoms with Gasteiger partial charge in [-0.05, 0) is 37.0 Å². The van der Waals surface area contributed by atoms with Crippen molar-refractivity contribution in [1.29, 1.82) is 0 Å². The first kappa shape index (κ1) is 17.7. The van der Waals surface area contributed by atoms with Crippen LogP contribution >= 0.6 is 0 Å². The van der Waals surface area contributed by atoms with Gasteiger partial charge in [0.05, 0.1) is 0 Å². The van der Waals surface area contributed by atoms with Crippen LogP contribution in [0.15, 0.2) is 11.6 Å². The number of carbonyl (C=O) groups is 3. The minimum atomic E-state index is -1.00. The van der Waals surface area contributed by atoms with Crippen LogP contribution in [0.2, 0.25) is 0 Å². The molecule has 0 bridgehead atoms. The van der Waals surface area contributed by atoms with Crippen molar-refractivity contribution in [3.63, 3.8) is 0 Å². The molecule has 0 aliphatic heterocycles. The summed E-state index contributed by atoms with van der Waals surface area (Å²) in [4.78, 5) is 36.2. The van der Waals surface area contributed by atoms with Crippen molar-refractivity contribution in [3.8, 4) is 0 Å².